The van der Waals surface area contributed by atoms with Crippen LogP contribution in [0.4, 0.5) is 0 Å². The molecule has 0 fully saturated rings. The lowest BCUT2D eigenvalue weighted by Crippen LogP contribution is -2.20. The Kier molecular flexibility index (Phi) is 8.43. The minimum absolute atomic E-state index is 0.818. The molecule has 1 atom stereocenters. The summed E-state index contributed by atoms with van der Waals surface area (Å²) >= 11 is 0. The van der Waals surface area contributed by atoms with Gasteiger partial charge in [0.15, 0.2) is 0 Å². The van der Waals surface area contributed by atoms with Gasteiger partial charge in [-0.1, -0.05) is 25.8 Å². The molecule has 0 aliphatic rings. The fourth-order valence-corrected chi connectivity index (χ4v) is 2.57. The first-order valence-corrected chi connectivity index (χ1v) is 7.54. The topological polar surface area (TPSA) is 42.1 Å². The second-order valence-electron chi connectivity index (χ2n) is 5.43. The molecule has 108 valence electrons. The molecule has 19 heavy (non-hydrogen) atoms. The first-order valence-electron chi connectivity index (χ1n) is 7.54. The summed E-state index contributed by atoms with van der Waals surface area (Å²) in [7, 11) is 2.17. The molecule has 0 saturated heterocycles. The van der Waals surface area contributed by atoms with Gasteiger partial charge in [0.1, 0.15) is 0 Å². The van der Waals surface area contributed by atoms with Gasteiger partial charge in [0, 0.05) is 12.7 Å². The molecule has 0 spiro atoms. The van der Waals surface area contributed by atoms with Gasteiger partial charge in [0.25, 0.3) is 0 Å². The summed E-state index contributed by atoms with van der Waals surface area (Å²) in [5, 5.41) is 0. The molecule has 0 saturated carbocycles. The average molecular weight is 263 g/mol. The normalized spacial score (nSPS) is 12.8. The maximum absolute atomic E-state index is 5.67. The van der Waals surface area contributed by atoms with Crippen LogP contribution in [0, 0.1) is 5.92 Å². The average Bonchev–Trinajstić information content (AvgIpc) is 2.40. The van der Waals surface area contributed by atoms with Gasteiger partial charge in [0.2, 0.25) is 0 Å². The van der Waals surface area contributed by atoms with E-state index in [0.717, 1.165) is 31.2 Å². The lowest BCUT2D eigenvalue weighted by Gasteiger charge is -2.19. The van der Waals surface area contributed by atoms with Crippen molar-refractivity contribution in [2.75, 3.05) is 20.1 Å². The Bertz CT molecular complexity index is 307. The van der Waals surface area contributed by atoms with Crippen LogP contribution in [0.15, 0.2) is 24.4 Å². The SMILES string of the molecule is CCCC(CCN)CCCN(C)Cc1ccccn1. The first kappa shape index (κ1) is 16.1. The highest BCUT2D eigenvalue weighted by atomic mass is 15.1. The van der Waals surface area contributed by atoms with Gasteiger partial charge in [-0.05, 0) is 57.5 Å². The number of nitrogens with zero attached hydrogens (tertiary/aromatic N) is 2. The smallest absolute Gasteiger partial charge is 0.0543 e. The van der Waals surface area contributed by atoms with Crippen LogP contribution in [0.1, 0.15) is 44.7 Å². The number of hydrogen-bond acceptors (Lipinski definition) is 3. The predicted octanol–water partition coefficient (Wildman–Crippen LogP) is 3.06. The van der Waals surface area contributed by atoms with Crippen molar-refractivity contribution >= 4 is 0 Å². The van der Waals surface area contributed by atoms with Crippen LogP contribution in [0.5, 0.6) is 0 Å². The van der Waals surface area contributed by atoms with E-state index < -0.39 is 0 Å². The Labute approximate surface area is 118 Å². The molecular formula is C16H29N3. The first-order chi connectivity index (χ1) is 9.26. The van der Waals surface area contributed by atoms with E-state index in [9.17, 15) is 0 Å². The molecule has 2 N–H and O–H groups in total. The highest BCUT2D eigenvalue weighted by molar-refractivity contribution is 5.02. The molecule has 0 radical (unpaired) electrons. The van der Waals surface area contributed by atoms with E-state index in [1.54, 1.807) is 0 Å². The molecule has 1 aromatic heterocycles. The quantitative estimate of drug-likeness (QED) is 0.705. The number of hydrogen-bond donors (Lipinski definition) is 1. The lowest BCUT2D eigenvalue weighted by atomic mass is 9.94. The van der Waals surface area contributed by atoms with Crippen LogP contribution < -0.4 is 5.73 Å². The van der Waals surface area contributed by atoms with Crippen molar-refractivity contribution in [2.45, 2.75) is 45.6 Å². The van der Waals surface area contributed by atoms with E-state index in [1.165, 1.54) is 32.1 Å². The number of pyridine rings is 1. The standard InChI is InChI=1S/C16H29N3/c1-3-7-15(10-11-17)8-6-13-19(2)14-16-9-4-5-12-18-16/h4-5,9,12,15H,3,6-8,10-11,13-14,17H2,1-2H3. The molecule has 1 aromatic rings. The maximum Gasteiger partial charge on any atom is 0.0543 e. The minimum Gasteiger partial charge on any atom is -0.330 e. The Morgan fingerprint density at radius 3 is 2.74 bits per heavy atom. The zero-order valence-corrected chi connectivity index (χ0v) is 12.5. The molecule has 0 amide bonds. The summed E-state index contributed by atoms with van der Waals surface area (Å²) in [5.41, 5.74) is 6.82. The molecule has 0 bridgehead atoms. The van der Waals surface area contributed by atoms with Gasteiger partial charge in [-0.25, -0.2) is 0 Å². The molecule has 3 nitrogen and oxygen atoms in total. The second-order valence-corrected chi connectivity index (χ2v) is 5.43. The lowest BCUT2D eigenvalue weighted by molar-refractivity contribution is 0.295. The Morgan fingerprint density at radius 1 is 1.26 bits per heavy atom. The molecule has 1 unspecified atom stereocenters. The summed E-state index contributed by atoms with van der Waals surface area (Å²) in [5.74, 6) is 0.818. The predicted molar refractivity (Wildman–Crippen MR) is 81.9 cm³/mol. The van der Waals surface area contributed by atoms with Crippen molar-refractivity contribution in [1.82, 2.24) is 9.88 Å². The molecule has 0 aliphatic heterocycles. The van der Waals surface area contributed by atoms with Crippen LogP contribution >= 0.6 is 0 Å². The maximum atomic E-state index is 5.67. The number of nitrogens with two attached hydrogens (primary N) is 1. The van der Waals surface area contributed by atoms with Crippen LogP contribution in [0.3, 0.4) is 0 Å². The summed E-state index contributed by atoms with van der Waals surface area (Å²) in [6, 6.07) is 6.10. The zero-order chi connectivity index (χ0) is 13.9. The highest BCUT2D eigenvalue weighted by Crippen LogP contribution is 2.17. The number of rotatable bonds is 10. The third-order valence-electron chi connectivity index (χ3n) is 3.58. The Balaban J connectivity index is 2.20. The summed E-state index contributed by atoms with van der Waals surface area (Å²) in [4.78, 5) is 6.72. The highest BCUT2D eigenvalue weighted by Gasteiger charge is 2.07. The summed E-state index contributed by atoms with van der Waals surface area (Å²) < 4.78 is 0. The van der Waals surface area contributed by atoms with Crippen molar-refractivity contribution < 1.29 is 0 Å². The fraction of sp³-hybridized carbons (Fsp3) is 0.688. The Hall–Kier alpha value is -0.930. The third kappa shape index (κ3) is 7.28. The van der Waals surface area contributed by atoms with E-state index in [2.05, 4.69) is 36.0 Å². The largest absolute Gasteiger partial charge is 0.330 e. The minimum atomic E-state index is 0.818. The summed E-state index contributed by atoms with van der Waals surface area (Å²) in [6.07, 6.45) is 8.20. The molecule has 0 aromatic carbocycles. The van der Waals surface area contributed by atoms with E-state index in [-0.39, 0.29) is 0 Å². The second kappa shape index (κ2) is 9.93. The fourth-order valence-electron chi connectivity index (χ4n) is 2.57. The van der Waals surface area contributed by atoms with Crippen molar-refractivity contribution in [3.8, 4) is 0 Å². The molecular weight excluding hydrogens is 234 g/mol. The molecule has 1 rings (SSSR count). The molecule has 1 heterocycles. The van der Waals surface area contributed by atoms with Crippen LogP contribution in [0.25, 0.3) is 0 Å². The summed E-state index contributed by atoms with van der Waals surface area (Å²) in [6.45, 7) is 5.17. The molecule has 3 heteroatoms. The van der Waals surface area contributed by atoms with E-state index in [4.69, 9.17) is 5.73 Å². The third-order valence-corrected chi connectivity index (χ3v) is 3.58. The van der Waals surface area contributed by atoms with Gasteiger partial charge in [-0.3, -0.25) is 4.98 Å². The van der Waals surface area contributed by atoms with Gasteiger partial charge in [0.05, 0.1) is 5.69 Å². The van der Waals surface area contributed by atoms with Crippen LogP contribution in [0.2, 0.25) is 0 Å². The van der Waals surface area contributed by atoms with E-state index >= 15 is 0 Å². The van der Waals surface area contributed by atoms with Crippen LogP contribution in [-0.2, 0) is 6.54 Å². The van der Waals surface area contributed by atoms with Gasteiger partial charge in [-0.15, -0.1) is 0 Å². The van der Waals surface area contributed by atoms with Gasteiger partial charge >= 0.3 is 0 Å². The van der Waals surface area contributed by atoms with Crippen molar-refractivity contribution in [2.24, 2.45) is 11.7 Å². The van der Waals surface area contributed by atoms with Crippen LogP contribution in [-0.4, -0.2) is 30.0 Å². The zero-order valence-electron chi connectivity index (χ0n) is 12.5. The van der Waals surface area contributed by atoms with Crippen molar-refractivity contribution in [3.05, 3.63) is 30.1 Å². The Morgan fingerprint density at radius 2 is 2.11 bits per heavy atom. The van der Waals surface area contributed by atoms with E-state index in [0.29, 0.717) is 0 Å². The van der Waals surface area contributed by atoms with Crippen molar-refractivity contribution in [1.29, 1.82) is 0 Å². The molecule has 0 aliphatic carbocycles. The number of aromatic nitrogens is 1. The van der Waals surface area contributed by atoms with E-state index in [1.807, 2.05) is 12.3 Å². The van der Waals surface area contributed by atoms with Gasteiger partial charge in [-0.2, -0.15) is 0 Å². The monoisotopic (exact) mass is 263 g/mol. The van der Waals surface area contributed by atoms with Gasteiger partial charge < -0.3 is 10.6 Å². The van der Waals surface area contributed by atoms with Crippen molar-refractivity contribution in [3.63, 3.8) is 0 Å².